The van der Waals surface area contributed by atoms with Crippen LogP contribution in [0.25, 0.3) is 0 Å². The Hall–Kier alpha value is -0.360. The van der Waals surface area contributed by atoms with Gasteiger partial charge in [0.25, 0.3) is 0 Å². The molecule has 0 saturated carbocycles. The van der Waals surface area contributed by atoms with E-state index in [9.17, 15) is 9.59 Å². The zero-order valence-corrected chi connectivity index (χ0v) is 20.0. The van der Waals surface area contributed by atoms with Crippen molar-refractivity contribution in [1.82, 2.24) is 0 Å². The monoisotopic (exact) mass is 436 g/mol. The molecule has 4 nitrogen and oxygen atoms in total. The Morgan fingerprint density at radius 2 is 0.893 bits per heavy atom. The molecule has 0 N–H and O–H groups in total. The molecular formula is C22H44O4S2. The van der Waals surface area contributed by atoms with Crippen molar-refractivity contribution >= 4 is 37.2 Å². The molecule has 6 heteroatoms. The van der Waals surface area contributed by atoms with Gasteiger partial charge in [-0.1, -0.05) is 78.1 Å². The maximum atomic E-state index is 11.1. The van der Waals surface area contributed by atoms with Crippen LogP contribution < -0.4 is 0 Å². The molecule has 0 bridgehead atoms. The van der Waals surface area contributed by atoms with Gasteiger partial charge in [-0.05, 0) is 12.8 Å². The van der Waals surface area contributed by atoms with Crippen molar-refractivity contribution in [3.8, 4) is 0 Å². The third kappa shape index (κ3) is 27.9. The Kier molecular flexibility index (Phi) is 28.4. The van der Waals surface area contributed by atoms with E-state index in [1.165, 1.54) is 51.4 Å². The molecule has 0 aliphatic heterocycles. The molecule has 0 unspecified atom stereocenters. The number of esters is 2. The first-order chi connectivity index (χ1) is 13.6. The average Bonchev–Trinajstić information content (AvgIpc) is 2.70. The van der Waals surface area contributed by atoms with Gasteiger partial charge in [-0.2, -0.15) is 25.3 Å². The van der Waals surface area contributed by atoms with Crippen molar-refractivity contribution in [3.63, 3.8) is 0 Å². The summed E-state index contributed by atoms with van der Waals surface area (Å²) in [5.74, 6) is 1.08. The second-order valence-electron chi connectivity index (χ2n) is 6.92. The molecule has 0 fully saturated rings. The third-order valence-electron chi connectivity index (χ3n) is 4.18. The van der Waals surface area contributed by atoms with Crippen LogP contribution in [0.15, 0.2) is 0 Å². The number of hydrogen-bond donors (Lipinski definition) is 2. The van der Waals surface area contributed by atoms with E-state index in [4.69, 9.17) is 9.47 Å². The number of carbonyl (C=O) groups excluding carboxylic acids is 2. The normalized spacial score (nSPS) is 10.1. The first kappa shape index (κ1) is 29.8. The van der Waals surface area contributed by atoms with Gasteiger partial charge in [-0.25, -0.2) is 0 Å². The van der Waals surface area contributed by atoms with Crippen LogP contribution in [0.2, 0.25) is 0 Å². The SMILES string of the molecule is CCCCCCCC(=O)OCCS.CCCCCCCCCC(=O)OCCS. The van der Waals surface area contributed by atoms with E-state index in [2.05, 4.69) is 39.1 Å². The molecule has 0 saturated heterocycles. The fourth-order valence-corrected chi connectivity index (χ4v) is 2.75. The number of hydrogen-bond acceptors (Lipinski definition) is 6. The van der Waals surface area contributed by atoms with E-state index in [-0.39, 0.29) is 11.9 Å². The van der Waals surface area contributed by atoms with Crippen LogP contribution in [0.4, 0.5) is 0 Å². The van der Waals surface area contributed by atoms with Gasteiger partial charge in [0.1, 0.15) is 13.2 Å². The molecule has 0 spiro atoms. The summed E-state index contributed by atoms with van der Waals surface area (Å²) >= 11 is 7.93. The molecule has 0 rings (SSSR count). The van der Waals surface area contributed by atoms with Gasteiger partial charge in [0.05, 0.1) is 0 Å². The average molecular weight is 437 g/mol. The van der Waals surface area contributed by atoms with Gasteiger partial charge in [-0.15, -0.1) is 0 Å². The highest BCUT2D eigenvalue weighted by molar-refractivity contribution is 7.80. The zero-order valence-electron chi connectivity index (χ0n) is 18.3. The molecular weight excluding hydrogens is 392 g/mol. The Balaban J connectivity index is 0. The van der Waals surface area contributed by atoms with Crippen LogP contribution in [-0.2, 0) is 19.1 Å². The number of unbranched alkanes of at least 4 members (excludes halogenated alkanes) is 10. The number of ether oxygens (including phenoxy) is 2. The highest BCUT2D eigenvalue weighted by atomic mass is 32.1. The van der Waals surface area contributed by atoms with Crippen LogP contribution in [0.5, 0.6) is 0 Å². The predicted molar refractivity (Wildman–Crippen MR) is 126 cm³/mol. The summed E-state index contributed by atoms with van der Waals surface area (Å²) in [7, 11) is 0. The predicted octanol–water partition coefficient (Wildman–Crippen LogP) is 6.42. The quantitative estimate of drug-likeness (QED) is 0.148. The maximum absolute atomic E-state index is 11.1. The lowest BCUT2D eigenvalue weighted by Gasteiger charge is -2.02. The number of carbonyl (C=O) groups is 2. The third-order valence-corrected chi connectivity index (χ3v) is 4.54. The largest absolute Gasteiger partial charge is 0.465 e. The Morgan fingerprint density at radius 3 is 1.21 bits per heavy atom. The molecule has 0 amide bonds. The van der Waals surface area contributed by atoms with Crippen molar-refractivity contribution in [2.24, 2.45) is 0 Å². The minimum atomic E-state index is -0.0782. The number of rotatable bonds is 18. The zero-order chi connectivity index (χ0) is 21.3. The molecule has 0 aliphatic carbocycles. The lowest BCUT2D eigenvalue weighted by atomic mass is 10.1. The van der Waals surface area contributed by atoms with E-state index in [1.807, 2.05) is 0 Å². The molecule has 168 valence electrons. The molecule has 0 aromatic heterocycles. The Morgan fingerprint density at radius 1 is 0.571 bits per heavy atom. The smallest absolute Gasteiger partial charge is 0.305 e. The van der Waals surface area contributed by atoms with Crippen molar-refractivity contribution in [2.45, 2.75) is 104 Å². The Labute approximate surface area is 184 Å². The molecule has 0 aliphatic rings. The fraction of sp³-hybridized carbons (Fsp3) is 0.909. The van der Waals surface area contributed by atoms with Gasteiger partial charge in [-0.3, -0.25) is 9.59 Å². The lowest BCUT2D eigenvalue weighted by molar-refractivity contribution is -0.144. The summed E-state index contributed by atoms with van der Waals surface area (Å²) in [5, 5.41) is 0. The molecule has 0 atom stereocenters. The standard InChI is InChI=1S/C12H24O2S.C10H20O2S/c1-2-3-4-5-6-7-8-9-12(13)14-10-11-15;1-2-3-4-5-6-7-10(11)12-8-9-13/h15H,2-11H2,1H3;13H,2-9H2,1H3. The summed E-state index contributed by atoms with van der Waals surface area (Å²) < 4.78 is 9.80. The van der Waals surface area contributed by atoms with Crippen LogP contribution in [0.3, 0.4) is 0 Å². The van der Waals surface area contributed by atoms with Gasteiger partial charge in [0.15, 0.2) is 0 Å². The minimum Gasteiger partial charge on any atom is -0.465 e. The molecule has 28 heavy (non-hydrogen) atoms. The highest BCUT2D eigenvalue weighted by Gasteiger charge is 2.01. The van der Waals surface area contributed by atoms with Crippen LogP contribution in [-0.4, -0.2) is 36.7 Å². The Bertz CT molecular complexity index is 338. The molecule has 0 heterocycles. The summed E-state index contributed by atoms with van der Waals surface area (Å²) in [6, 6.07) is 0. The highest BCUT2D eigenvalue weighted by Crippen LogP contribution is 2.08. The van der Waals surface area contributed by atoms with Crippen molar-refractivity contribution in [2.75, 3.05) is 24.7 Å². The second-order valence-corrected chi connectivity index (χ2v) is 7.82. The van der Waals surface area contributed by atoms with Crippen molar-refractivity contribution in [1.29, 1.82) is 0 Å². The topological polar surface area (TPSA) is 52.6 Å². The van der Waals surface area contributed by atoms with Crippen LogP contribution in [0, 0.1) is 0 Å². The van der Waals surface area contributed by atoms with Crippen molar-refractivity contribution in [3.05, 3.63) is 0 Å². The summed E-state index contributed by atoms with van der Waals surface area (Å²) in [5.41, 5.74) is 0. The first-order valence-corrected chi connectivity index (χ1v) is 12.4. The summed E-state index contributed by atoms with van der Waals surface area (Å²) in [6.07, 6.45) is 15.6. The molecule has 0 radical (unpaired) electrons. The summed E-state index contributed by atoms with van der Waals surface area (Å²) in [6.45, 7) is 5.29. The molecule has 0 aromatic carbocycles. The van der Waals surface area contributed by atoms with E-state index in [0.29, 0.717) is 37.6 Å². The maximum Gasteiger partial charge on any atom is 0.305 e. The lowest BCUT2D eigenvalue weighted by Crippen LogP contribution is -2.06. The van der Waals surface area contributed by atoms with E-state index >= 15 is 0 Å². The van der Waals surface area contributed by atoms with E-state index in [1.54, 1.807) is 0 Å². The van der Waals surface area contributed by atoms with E-state index in [0.717, 1.165) is 25.7 Å². The number of thiol groups is 2. The molecule has 0 aromatic rings. The van der Waals surface area contributed by atoms with E-state index < -0.39 is 0 Å². The van der Waals surface area contributed by atoms with Gasteiger partial charge in [0.2, 0.25) is 0 Å². The van der Waals surface area contributed by atoms with Gasteiger partial charge >= 0.3 is 11.9 Å². The first-order valence-electron chi connectivity index (χ1n) is 11.1. The summed E-state index contributed by atoms with van der Waals surface area (Å²) in [4.78, 5) is 22.1. The van der Waals surface area contributed by atoms with Gasteiger partial charge in [0, 0.05) is 24.3 Å². The van der Waals surface area contributed by atoms with Gasteiger partial charge < -0.3 is 9.47 Å². The van der Waals surface area contributed by atoms with Crippen LogP contribution >= 0.6 is 25.3 Å². The van der Waals surface area contributed by atoms with Crippen LogP contribution in [0.1, 0.15) is 104 Å². The minimum absolute atomic E-state index is 0.0717. The fourth-order valence-electron chi connectivity index (χ4n) is 2.56. The van der Waals surface area contributed by atoms with Crippen molar-refractivity contribution < 1.29 is 19.1 Å². The second kappa shape index (κ2) is 26.6.